The van der Waals surface area contributed by atoms with Crippen LogP contribution in [-0.4, -0.2) is 12.2 Å². The van der Waals surface area contributed by atoms with Crippen LogP contribution in [0.3, 0.4) is 0 Å². The molecule has 76 valence electrons. The van der Waals surface area contributed by atoms with Gasteiger partial charge in [0.25, 0.3) is 0 Å². The number of hydrogen-bond donors (Lipinski definition) is 3. The van der Waals surface area contributed by atoms with Crippen molar-refractivity contribution in [1.82, 2.24) is 16.2 Å². The third-order valence-corrected chi connectivity index (χ3v) is 1.97. The highest BCUT2D eigenvalue weighted by molar-refractivity contribution is 7.80. The van der Waals surface area contributed by atoms with E-state index in [0.717, 1.165) is 0 Å². The number of benzene rings is 1. The van der Waals surface area contributed by atoms with Crippen LogP contribution in [0.4, 0.5) is 4.39 Å². The molecular formula is C9H12FN3S. The summed E-state index contributed by atoms with van der Waals surface area (Å²) in [5.41, 5.74) is 6.11. The standard InChI is InChI=1S/C9H12FN3S/c1-11-9(14)13-12-6-7-4-2-3-5-8(7)10/h2-5,12H,6H2,1H3,(H2,11,13,14). The third kappa shape index (κ3) is 3.27. The van der Waals surface area contributed by atoms with E-state index in [1.807, 2.05) is 0 Å². The van der Waals surface area contributed by atoms with E-state index < -0.39 is 0 Å². The Hall–Kier alpha value is -1.20. The molecule has 0 saturated heterocycles. The van der Waals surface area contributed by atoms with Crippen LogP contribution in [0.15, 0.2) is 24.3 Å². The molecule has 0 bridgehead atoms. The van der Waals surface area contributed by atoms with Crippen LogP contribution in [0.25, 0.3) is 0 Å². The van der Waals surface area contributed by atoms with Gasteiger partial charge in [0.1, 0.15) is 5.82 Å². The van der Waals surface area contributed by atoms with E-state index in [-0.39, 0.29) is 5.82 Å². The lowest BCUT2D eigenvalue weighted by molar-refractivity contribution is 0.576. The van der Waals surface area contributed by atoms with Gasteiger partial charge in [0.05, 0.1) is 0 Å². The summed E-state index contributed by atoms with van der Waals surface area (Å²) in [5, 5.41) is 3.20. The fourth-order valence-electron chi connectivity index (χ4n) is 0.924. The Morgan fingerprint density at radius 1 is 1.43 bits per heavy atom. The van der Waals surface area contributed by atoms with Crippen LogP contribution in [0, 0.1) is 5.82 Å². The van der Waals surface area contributed by atoms with Crippen molar-refractivity contribution in [2.75, 3.05) is 7.05 Å². The molecule has 0 amide bonds. The van der Waals surface area contributed by atoms with Crippen molar-refractivity contribution in [3.8, 4) is 0 Å². The van der Waals surface area contributed by atoms with Gasteiger partial charge in [-0.05, 0) is 18.3 Å². The molecule has 0 saturated carbocycles. The fourth-order valence-corrected chi connectivity index (χ4v) is 0.996. The van der Waals surface area contributed by atoms with Crippen molar-refractivity contribution in [2.45, 2.75) is 6.54 Å². The molecule has 1 aromatic rings. The van der Waals surface area contributed by atoms with E-state index >= 15 is 0 Å². The summed E-state index contributed by atoms with van der Waals surface area (Å²) in [6.45, 7) is 0.383. The van der Waals surface area contributed by atoms with E-state index in [1.54, 1.807) is 25.2 Å². The summed E-state index contributed by atoms with van der Waals surface area (Å²) in [7, 11) is 1.71. The molecule has 0 aliphatic heterocycles. The molecule has 14 heavy (non-hydrogen) atoms. The molecule has 1 aromatic carbocycles. The summed E-state index contributed by atoms with van der Waals surface area (Å²) in [6, 6.07) is 6.58. The lowest BCUT2D eigenvalue weighted by atomic mass is 10.2. The minimum Gasteiger partial charge on any atom is -0.365 e. The Morgan fingerprint density at radius 3 is 2.79 bits per heavy atom. The number of nitrogens with one attached hydrogen (secondary N) is 3. The molecular weight excluding hydrogens is 201 g/mol. The van der Waals surface area contributed by atoms with Crippen molar-refractivity contribution in [3.63, 3.8) is 0 Å². The number of rotatable bonds is 3. The van der Waals surface area contributed by atoms with Crippen LogP contribution in [-0.2, 0) is 6.54 Å². The number of thiocarbonyl (C=S) groups is 1. The molecule has 3 N–H and O–H groups in total. The summed E-state index contributed by atoms with van der Waals surface area (Å²) < 4.78 is 13.1. The molecule has 0 spiro atoms. The lowest BCUT2D eigenvalue weighted by Crippen LogP contribution is -2.42. The first-order chi connectivity index (χ1) is 6.74. The van der Waals surface area contributed by atoms with Gasteiger partial charge >= 0.3 is 0 Å². The van der Waals surface area contributed by atoms with Gasteiger partial charge < -0.3 is 5.32 Å². The highest BCUT2D eigenvalue weighted by atomic mass is 32.1. The maximum Gasteiger partial charge on any atom is 0.180 e. The molecule has 3 nitrogen and oxygen atoms in total. The van der Waals surface area contributed by atoms with E-state index in [1.165, 1.54) is 6.07 Å². The number of halogens is 1. The predicted molar refractivity (Wildman–Crippen MR) is 58.0 cm³/mol. The molecule has 0 radical (unpaired) electrons. The second kappa shape index (κ2) is 5.51. The normalized spacial score (nSPS) is 9.57. The zero-order valence-corrected chi connectivity index (χ0v) is 8.62. The van der Waals surface area contributed by atoms with Gasteiger partial charge in [-0.15, -0.1) is 0 Å². The summed E-state index contributed by atoms with van der Waals surface area (Å²) >= 11 is 4.83. The Labute approximate surface area is 87.7 Å². The van der Waals surface area contributed by atoms with Crippen molar-refractivity contribution in [1.29, 1.82) is 0 Å². The van der Waals surface area contributed by atoms with Crippen LogP contribution < -0.4 is 16.2 Å². The molecule has 0 unspecified atom stereocenters. The Bertz CT molecular complexity index is 317. The second-order valence-electron chi connectivity index (χ2n) is 2.65. The van der Waals surface area contributed by atoms with Gasteiger partial charge in [0, 0.05) is 19.2 Å². The van der Waals surface area contributed by atoms with Crippen LogP contribution >= 0.6 is 12.2 Å². The van der Waals surface area contributed by atoms with Gasteiger partial charge in [0.2, 0.25) is 0 Å². The molecule has 0 aliphatic rings. The van der Waals surface area contributed by atoms with Crippen molar-refractivity contribution in [3.05, 3.63) is 35.6 Å². The SMILES string of the molecule is CNC(=S)NNCc1ccccc1F. The maximum absolute atomic E-state index is 13.1. The lowest BCUT2D eigenvalue weighted by Gasteiger charge is -2.08. The van der Waals surface area contributed by atoms with Crippen molar-refractivity contribution < 1.29 is 4.39 Å². The summed E-state index contributed by atoms with van der Waals surface area (Å²) in [5.74, 6) is -0.225. The highest BCUT2D eigenvalue weighted by Crippen LogP contribution is 2.04. The average Bonchev–Trinajstić information content (AvgIpc) is 2.20. The van der Waals surface area contributed by atoms with Crippen molar-refractivity contribution in [2.24, 2.45) is 0 Å². The van der Waals surface area contributed by atoms with E-state index in [4.69, 9.17) is 12.2 Å². The second-order valence-corrected chi connectivity index (χ2v) is 3.06. The molecule has 0 atom stereocenters. The van der Waals surface area contributed by atoms with Gasteiger partial charge in [-0.1, -0.05) is 18.2 Å². The Kier molecular flexibility index (Phi) is 4.28. The quantitative estimate of drug-likeness (QED) is 0.515. The first-order valence-electron chi connectivity index (χ1n) is 4.18. The van der Waals surface area contributed by atoms with E-state index in [0.29, 0.717) is 17.2 Å². The van der Waals surface area contributed by atoms with Gasteiger partial charge in [-0.3, -0.25) is 5.43 Å². The van der Waals surface area contributed by atoms with Gasteiger partial charge in [-0.2, -0.15) is 0 Å². The first-order valence-corrected chi connectivity index (χ1v) is 4.59. The van der Waals surface area contributed by atoms with E-state index in [9.17, 15) is 4.39 Å². The first kappa shape index (κ1) is 10.9. The van der Waals surface area contributed by atoms with Gasteiger partial charge in [0.15, 0.2) is 5.11 Å². The van der Waals surface area contributed by atoms with Crippen LogP contribution in [0.2, 0.25) is 0 Å². The Morgan fingerprint density at radius 2 is 2.14 bits per heavy atom. The molecule has 0 fully saturated rings. The monoisotopic (exact) mass is 213 g/mol. The summed E-state index contributed by atoms with van der Waals surface area (Å²) in [4.78, 5) is 0. The molecule has 0 heterocycles. The van der Waals surface area contributed by atoms with Crippen LogP contribution in [0.1, 0.15) is 5.56 Å². The minimum absolute atomic E-state index is 0.225. The summed E-state index contributed by atoms with van der Waals surface area (Å²) in [6.07, 6.45) is 0. The molecule has 5 heteroatoms. The highest BCUT2D eigenvalue weighted by Gasteiger charge is 1.98. The number of hydrogen-bond acceptors (Lipinski definition) is 2. The zero-order chi connectivity index (χ0) is 10.4. The third-order valence-electron chi connectivity index (χ3n) is 1.67. The topological polar surface area (TPSA) is 36.1 Å². The molecule has 1 rings (SSSR count). The van der Waals surface area contributed by atoms with Gasteiger partial charge in [-0.25, -0.2) is 9.82 Å². The predicted octanol–water partition coefficient (Wildman–Crippen LogP) is 0.924. The Balaban J connectivity index is 2.39. The average molecular weight is 213 g/mol. The zero-order valence-electron chi connectivity index (χ0n) is 7.80. The number of hydrazine groups is 1. The maximum atomic E-state index is 13.1. The fraction of sp³-hybridized carbons (Fsp3) is 0.222. The minimum atomic E-state index is -0.225. The van der Waals surface area contributed by atoms with Crippen molar-refractivity contribution >= 4 is 17.3 Å². The molecule has 0 aliphatic carbocycles. The van der Waals surface area contributed by atoms with Crippen LogP contribution in [0.5, 0.6) is 0 Å². The molecule has 0 aromatic heterocycles. The van der Waals surface area contributed by atoms with E-state index in [2.05, 4.69) is 16.2 Å². The smallest absolute Gasteiger partial charge is 0.180 e. The largest absolute Gasteiger partial charge is 0.365 e.